The number of hydrogen-bond donors (Lipinski definition) is 2. The molecule has 0 spiro atoms. The highest BCUT2D eigenvalue weighted by molar-refractivity contribution is 6.11. The molecule has 0 aliphatic carbocycles. The third-order valence-electron chi connectivity index (χ3n) is 5.84. The van der Waals surface area contributed by atoms with E-state index in [2.05, 4.69) is 35.5 Å². The average Bonchev–Trinajstić information content (AvgIpc) is 3.33. The highest BCUT2D eigenvalue weighted by Crippen LogP contribution is 2.40. The van der Waals surface area contributed by atoms with Gasteiger partial charge in [0.15, 0.2) is 11.6 Å². The molecule has 0 bridgehead atoms. The van der Waals surface area contributed by atoms with Crippen LogP contribution < -0.4 is 5.32 Å². The first-order valence-corrected chi connectivity index (χ1v) is 11.2. The molecule has 2 N–H and O–H groups in total. The zero-order chi connectivity index (χ0) is 25.9. The normalized spacial score (nSPS) is 11.1. The topological polar surface area (TPSA) is 122 Å². The fraction of sp³-hybridized carbons (Fsp3) is 0.0741. The largest absolute Gasteiger partial charge is 0.505 e. The Labute approximate surface area is 211 Å². The molecule has 0 aliphatic heterocycles. The van der Waals surface area contributed by atoms with Gasteiger partial charge in [-0.2, -0.15) is 9.78 Å². The van der Waals surface area contributed by atoms with Gasteiger partial charge in [-0.1, -0.05) is 30.3 Å². The molecule has 10 nitrogen and oxygen atoms in total. The van der Waals surface area contributed by atoms with Gasteiger partial charge in [0.1, 0.15) is 5.69 Å². The van der Waals surface area contributed by atoms with Crippen LogP contribution in [0.5, 0.6) is 5.75 Å². The number of phenolic OH excluding ortho intramolecular Hbond substituents is 1. The molecule has 0 saturated heterocycles. The van der Waals surface area contributed by atoms with Gasteiger partial charge >= 0.3 is 0 Å². The van der Waals surface area contributed by atoms with Crippen LogP contribution in [-0.4, -0.2) is 30.8 Å². The highest BCUT2D eigenvalue weighted by atomic mass is 16.3. The van der Waals surface area contributed by atoms with E-state index < -0.39 is 5.91 Å². The lowest BCUT2D eigenvalue weighted by Gasteiger charge is -2.12. The minimum absolute atomic E-state index is 0.0381. The van der Waals surface area contributed by atoms with E-state index >= 15 is 0 Å². The number of aromatic hydroxyl groups is 1. The van der Waals surface area contributed by atoms with Gasteiger partial charge in [0.05, 0.1) is 18.3 Å². The van der Waals surface area contributed by atoms with Crippen molar-refractivity contribution in [2.75, 3.05) is 5.32 Å². The number of anilines is 1. The maximum Gasteiger partial charge on any atom is 0.259 e. The lowest BCUT2D eigenvalue weighted by atomic mass is 10.0. The fourth-order valence-corrected chi connectivity index (χ4v) is 3.76. The quantitative estimate of drug-likeness (QED) is 0.220. The molecule has 5 aromatic rings. The number of aromatic nitrogens is 4. The molecule has 0 fully saturated rings. The van der Waals surface area contributed by atoms with Crippen LogP contribution in [0.15, 0.2) is 83.4 Å². The Morgan fingerprint density at radius 2 is 1.81 bits per heavy atom. The predicted octanol–water partition coefficient (Wildman–Crippen LogP) is 6.36. The Balaban J connectivity index is 1.60. The van der Waals surface area contributed by atoms with Crippen molar-refractivity contribution in [2.45, 2.75) is 13.8 Å². The predicted molar refractivity (Wildman–Crippen MR) is 139 cm³/mol. The summed E-state index contributed by atoms with van der Waals surface area (Å²) in [6.07, 6.45) is 4.42. The summed E-state index contributed by atoms with van der Waals surface area (Å²) in [5.41, 5.74) is 3.00. The summed E-state index contributed by atoms with van der Waals surface area (Å²) in [7, 11) is 0. The summed E-state index contributed by atoms with van der Waals surface area (Å²) in [5, 5.41) is 27.9. The van der Waals surface area contributed by atoms with Gasteiger partial charge in [-0.15, -0.1) is 10.2 Å². The van der Waals surface area contributed by atoms with E-state index in [1.165, 1.54) is 10.9 Å². The second-order valence-electron chi connectivity index (χ2n) is 8.22. The maximum absolute atomic E-state index is 13.2. The Morgan fingerprint density at radius 1 is 1.03 bits per heavy atom. The number of carbonyl (C=O) groups excluding carboxylic acids is 1. The number of hydrogen-bond acceptors (Lipinski definition) is 7. The Hall–Kier alpha value is -5.43. The number of fused-ring (bicyclic) bond motifs is 1. The SMILES string of the molecule is [C-]#[N+]c1cnn(-c2ncccn2)c1/N=N/c1c(O)c(C(=O)Nc2ccc(C)c(C)c2)cc2ccccc12. The van der Waals surface area contributed by atoms with Crippen molar-refractivity contribution in [3.05, 3.63) is 101 Å². The van der Waals surface area contributed by atoms with E-state index in [1.807, 2.05) is 38.1 Å². The second-order valence-corrected chi connectivity index (χ2v) is 8.22. The van der Waals surface area contributed by atoms with E-state index in [0.717, 1.165) is 11.1 Å². The van der Waals surface area contributed by atoms with Gasteiger partial charge in [-0.05, 0) is 54.6 Å². The number of nitrogens with zero attached hydrogens (tertiary/aromatic N) is 7. The summed E-state index contributed by atoms with van der Waals surface area (Å²) in [6.45, 7) is 11.4. The third-order valence-corrected chi connectivity index (χ3v) is 5.84. The molecular weight excluding hydrogens is 468 g/mol. The van der Waals surface area contributed by atoms with Crippen LogP contribution in [0.1, 0.15) is 21.5 Å². The van der Waals surface area contributed by atoms with Crippen molar-refractivity contribution in [3.8, 4) is 11.7 Å². The second kappa shape index (κ2) is 9.67. The van der Waals surface area contributed by atoms with Crippen LogP contribution in [0, 0.1) is 20.4 Å². The third kappa shape index (κ3) is 4.49. The molecule has 180 valence electrons. The number of rotatable bonds is 5. The molecule has 3 aromatic carbocycles. The van der Waals surface area contributed by atoms with E-state index in [4.69, 9.17) is 6.57 Å². The Morgan fingerprint density at radius 3 is 2.57 bits per heavy atom. The van der Waals surface area contributed by atoms with Crippen molar-refractivity contribution in [1.29, 1.82) is 0 Å². The zero-order valence-corrected chi connectivity index (χ0v) is 19.9. The Bertz CT molecular complexity index is 1720. The van der Waals surface area contributed by atoms with Crippen molar-refractivity contribution in [1.82, 2.24) is 19.7 Å². The van der Waals surface area contributed by atoms with Crippen molar-refractivity contribution in [2.24, 2.45) is 10.2 Å². The van der Waals surface area contributed by atoms with Crippen LogP contribution in [0.25, 0.3) is 21.6 Å². The summed E-state index contributed by atoms with van der Waals surface area (Å²) in [4.78, 5) is 24.9. The molecule has 0 radical (unpaired) electrons. The summed E-state index contributed by atoms with van der Waals surface area (Å²) >= 11 is 0. The van der Waals surface area contributed by atoms with Crippen molar-refractivity contribution >= 4 is 39.6 Å². The van der Waals surface area contributed by atoms with Crippen LogP contribution >= 0.6 is 0 Å². The van der Waals surface area contributed by atoms with Crippen molar-refractivity contribution in [3.63, 3.8) is 0 Å². The number of azo groups is 1. The molecule has 37 heavy (non-hydrogen) atoms. The molecule has 5 rings (SSSR count). The summed E-state index contributed by atoms with van der Waals surface area (Å²) < 4.78 is 1.28. The highest BCUT2D eigenvalue weighted by Gasteiger charge is 2.20. The monoisotopic (exact) mass is 488 g/mol. The lowest BCUT2D eigenvalue weighted by Crippen LogP contribution is -2.12. The van der Waals surface area contributed by atoms with Crippen LogP contribution in [0.3, 0.4) is 0 Å². The molecule has 2 aromatic heterocycles. The molecule has 1 amide bonds. The molecule has 0 aliphatic rings. The number of benzene rings is 3. The molecular formula is C27H20N8O2. The molecule has 10 heteroatoms. The molecule has 0 saturated carbocycles. The van der Waals surface area contributed by atoms with E-state index in [1.54, 1.807) is 42.7 Å². The van der Waals surface area contributed by atoms with Gasteiger partial charge in [0, 0.05) is 23.5 Å². The van der Waals surface area contributed by atoms with Gasteiger partial charge in [0.25, 0.3) is 17.5 Å². The molecule has 0 unspecified atom stereocenters. The first-order chi connectivity index (χ1) is 18.0. The van der Waals surface area contributed by atoms with E-state index in [0.29, 0.717) is 16.5 Å². The number of aryl methyl sites for hydroxylation is 2. The molecule has 2 heterocycles. The van der Waals surface area contributed by atoms with E-state index in [-0.39, 0.29) is 34.5 Å². The van der Waals surface area contributed by atoms with Gasteiger partial charge < -0.3 is 10.4 Å². The van der Waals surface area contributed by atoms with Gasteiger partial charge in [-0.25, -0.2) is 14.8 Å². The first kappa shape index (κ1) is 23.3. The van der Waals surface area contributed by atoms with Crippen LogP contribution in [0.2, 0.25) is 0 Å². The fourth-order valence-electron chi connectivity index (χ4n) is 3.76. The van der Waals surface area contributed by atoms with E-state index in [9.17, 15) is 9.90 Å². The maximum atomic E-state index is 13.2. The van der Waals surface area contributed by atoms with Gasteiger partial charge in [0.2, 0.25) is 0 Å². The minimum atomic E-state index is -0.493. The standard InChI is InChI=1S/C27H20N8O2/c1-16-9-10-19(13-17(16)2)32-26(37)21-14-18-7-4-5-8-20(18)23(24(21)36)33-34-25-22(28-3)15-31-35(25)27-29-11-6-12-30-27/h4-15,36H,1-2H3,(H,32,37)/b34-33+. The molecule has 0 atom stereocenters. The average molecular weight is 489 g/mol. The lowest BCUT2D eigenvalue weighted by molar-refractivity contribution is 0.102. The first-order valence-electron chi connectivity index (χ1n) is 11.2. The number of nitrogens with one attached hydrogen (secondary N) is 1. The van der Waals surface area contributed by atoms with Crippen LogP contribution in [0.4, 0.5) is 22.9 Å². The Kier molecular flexibility index (Phi) is 6.10. The number of carbonyl (C=O) groups is 1. The van der Waals surface area contributed by atoms with Gasteiger partial charge in [-0.3, -0.25) is 4.79 Å². The summed E-state index contributed by atoms with van der Waals surface area (Å²) in [5.74, 6) is -0.528. The smallest absolute Gasteiger partial charge is 0.259 e. The number of phenols is 1. The van der Waals surface area contributed by atoms with Crippen LogP contribution in [-0.2, 0) is 0 Å². The summed E-state index contributed by atoms with van der Waals surface area (Å²) in [6, 6.07) is 16.0. The number of amides is 1. The zero-order valence-electron chi connectivity index (χ0n) is 19.9. The minimum Gasteiger partial charge on any atom is -0.505 e. The van der Waals surface area contributed by atoms with Crippen molar-refractivity contribution < 1.29 is 9.90 Å².